The zero-order valence-electron chi connectivity index (χ0n) is 14.2. The number of hydrogen-bond acceptors (Lipinski definition) is 4. The molecule has 2 aromatic carbocycles. The van der Waals surface area contributed by atoms with Crippen molar-refractivity contribution in [1.82, 2.24) is 4.98 Å². The van der Waals surface area contributed by atoms with E-state index in [-0.39, 0.29) is 10.9 Å². The van der Waals surface area contributed by atoms with E-state index in [0.717, 1.165) is 11.8 Å². The number of carbonyl (C=O) groups excluding carboxylic acids is 1. The standard InChI is InChI=1S/C19H13ClF3N3O2/c20-17-10-13(19(21,22)23)11-24-18(17)28-16-8-6-15(7-9-16)26(12-27)25-14-4-2-1-3-5-14/h1-12,25H. The number of para-hydroxylation sites is 1. The summed E-state index contributed by atoms with van der Waals surface area (Å²) < 4.78 is 43.4. The second-order valence-corrected chi connectivity index (χ2v) is 5.97. The number of nitrogens with one attached hydrogen (secondary N) is 1. The molecule has 28 heavy (non-hydrogen) atoms. The molecule has 0 aliphatic heterocycles. The van der Waals surface area contributed by atoms with Crippen LogP contribution < -0.4 is 15.2 Å². The van der Waals surface area contributed by atoms with Gasteiger partial charge in [0.2, 0.25) is 12.3 Å². The van der Waals surface area contributed by atoms with E-state index in [2.05, 4.69) is 10.4 Å². The minimum atomic E-state index is -4.54. The van der Waals surface area contributed by atoms with Crippen molar-refractivity contribution in [1.29, 1.82) is 0 Å². The topological polar surface area (TPSA) is 54.5 Å². The summed E-state index contributed by atoms with van der Waals surface area (Å²) in [4.78, 5) is 15.0. The molecule has 0 aliphatic carbocycles. The molecule has 3 aromatic rings. The maximum atomic E-state index is 12.7. The molecule has 1 N–H and O–H groups in total. The Balaban J connectivity index is 1.73. The van der Waals surface area contributed by atoms with Gasteiger partial charge in [-0.15, -0.1) is 0 Å². The van der Waals surface area contributed by atoms with Crippen LogP contribution in [-0.4, -0.2) is 11.4 Å². The number of aromatic nitrogens is 1. The lowest BCUT2D eigenvalue weighted by molar-refractivity contribution is -0.137. The van der Waals surface area contributed by atoms with Gasteiger partial charge in [-0.2, -0.15) is 13.2 Å². The van der Waals surface area contributed by atoms with Crippen LogP contribution in [0.3, 0.4) is 0 Å². The Bertz CT molecular complexity index is 951. The van der Waals surface area contributed by atoms with Gasteiger partial charge < -0.3 is 4.74 Å². The highest BCUT2D eigenvalue weighted by atomic mass is 35.5. The summed E-state index contributed by atoms with van der Waals surface area (Å²) in [5, 5.41) is 1.00. The van der Waals surface area contributed by atoms with Gasteiger partial charge in [-0.3, -0.25) is 10.2 Å². The summed E-state index contributed by atoms with van der Waals surface area (Å²) >= 11 is 5.83. The SMILES string of the molecule is O=CN(Nc1ccccc1)c1ccc(Oc2ncc(C(F)(F)F)cc2Cl)cc1. The summed E-state index contributed by atoms with van der Waals surface area (Å²) in [6.45, 7) is 0. The van der Waals surface area contributed by atoms with E-state index in [1.54, 1.807) is 24.3 Å². The highest BCUT2D eigenvalue weighted by molar-refractivity contribution is 6.31. The molecule has 0 saturated carbocycles. The van der Waals surface area contributed by atoms with Crippen LogP contribution in [0.4, 0.5) is 24.5 Å². The minimum absolute atomic E-state index is 0.155. The summed E-state index contributed by atoms with van der Waals surface area (Å²) in [7, 11) is 0. The predicted molar refractivity (Wildman–Crippen MR) is 99.4 cm³/mol. The van der Waals surface area contributed by atoms with E-state index >= 15 is 0 Å². The third-order valence-electron chi connectivity index (χ3n) is 3.59. The van der Waals surface area contributed by atoms with Crippen LogP contribution in [0.15, 0.2) is 66.9 Å². The van der Waals surface area contributed by atoms with E-state index in [9.17, 15) is 18.0 Å². The van der Waals surface area contributed by atoms with Crippen molar-refractivity contribution in [2.45, 2.75) is 6.18 Å². The van der Waals surface area contributed by atoms with Crippen LogP contribution in [0.25, 0.3) is 0 Å². The molecule has 1 amide bonds. The van der Waals surface area contributed by atoms with Crippen molar-refractivity contribution in [2.75, 3.05) is 10.4 Å². The molecule has 0 unspecified atom stereocenters. The average Bonchev–Trinajstić information content (AvgIpc) is 2.68. The van der Waals surface area contributed by atoms with Crippen molar-refractivity contribution in [2.24, 2.45) is 0 Å². The Morgan fingerprint density at radius 1 is 1.07 bits per heavy atom. The lowest BCUT2D eigenvalue weighted by atomic mass is 10.3. The van der Waals surface area contributed by atoms with Gasteiger partial charge >= 0.3 is 6.18 Å². The van der Waals surface area contributed by atoms with Crippen molar-refractivity contribution in [3.8, 4) is 11.6 Å². The molecule has 1 aromatic heterocycles. The summed E-state index contributed by atoms with van der Waals surface area (Å²) in [5.74, 6) is 0.139. The molecule has 5 nitrogen and oxygen atoms in total. The van der Waals surface area contributed by atoms with Crippen LogP contribution in [0, 0.1) is 0 Å². The Morgan fingerprint density at radius 2 is 1.75 bits per heavy atom. The molecule has 144 valence electrons. The maximum absolute atomic E-state index is 12.7. The van der Waals surface area contributed by atoms with Crippen molar-refractivity contribution in [3.63, 3.8) is 0 Å². The number of pyridine rings is 1. The number of ether oxygens (including phenoxy) is 1. The van der Waals surface area contributed by atoms with Crippen LogP contribution in [-0.2, 0) is 11.0 Å². The molecular formula is C19H13ClF3N3O2. The summed E-state index contributed by atoms with van der Waals surface area (Å²) in [6.07, 6.45) is -3.29. The number of amides is 1. The fourth-order valence-electron chi connectivity index (χ4n) is 2.25. The van der Waals surface area contributed by atoms with E-state index in [0.29, 0.717) is 24.0 Å². The van der Waals surface area contributed by atoms with E-state index in [4.69, 9.17) is 16.3 Å². The number of rotatable bonds is 6. The van der Waals surface area contributed by atoms with Gasteiger partial charge in [0.25, 0.3) is 0 Å². The molecule has 0 spiro atoms. The first-order valence-corrected chi connectivity index (χ1v) is 8.31. The van der Waals surface area contributed by atoms with E-state index in [1.165, 1.54) is 17.1 Å². The van der Waals surface area contributed by atoms with E-state index < -0.39 is 11.7 Å². The zero-order valence-corrected chi connectivity index (χ0v) is 14.9. The molecule has 0 aliphatic rings. The summed E-state index contributed by atoms with van der Waals surface area (Å²) in [6, 6.07) is 16.1. The fraction of sp³-hybridized carbons (Fsp3) is 0.0526. The highest BCUT2D eigenvalue weighted by Crippen LogP contribution is 2.34. The van der Waals surface area contributed by atoms with Crippen LogP contribution >= 0.6 is 11.6 Å². The largest absolute Gasteiger partial charge is 0.438 e. The second-order valence-electron chi connectivity index (χ2n) is 5.56. The second kappa shape index (κ2) is 8.18. The third-order valence-corrected chi connectivity index (χ3v) is 3.86. The van der Waals surface area contributed by atoms with Gasteiger partial charge in [-0.1, -0.05) is 29.8 Å². The Kier molecular flexibility index (Phi) is 5.70. The first kappa shape index (κ1) is 19.5. The number of alkyl halides is 3. The number of carbonyl (C=O) groups is 1. The summed E-state index contributed by atoms with van der Waals surface area (Å²) in [5.41, 5.74) is 3.21. The average molecular weight is 408 g/mol. The molecular weight excluding hydrogens is 395 g/mol. The van der Waals surface area contributed by atoms with Gasteiger partial charge in [0.15, 0.2) is 0 Å². The van der Waals surface area contributed by atoms with Gasteiger partial charge in [-0.05, 0) is 42.5 Å². The van der Waals surface area contributed by atoms with Gasteiger partial charge in [0, 0.05) is 6.20 Å². The highest BCUT2D eigenvalue weighted by Gasteiger charge is 2.31. The normalized spacial score (nSPS) is 11.0. The van der Waals surface area contributed by atoms with E-state index in [1.807, 2.05) is 18.2 Å². The predicted octanol–water partition coefficient (Wildman–Crippen LogP) is 5.54. The number of hydrogen-bond donors (Lipinski definition) is 1. The third kappa shape index (κ3) is 4.72. The molecule has 1 heterocycles. The first-order chi connectivity index (χ1) is 13.4. The van der Waals surface area contributed by atoms with Crippen molar-refractivity contribution >= 4 is 29.4 Å². The Hall–Kier alpha value is -3.26. The quantitative estimate of drug-likeness (QED) is 0.431. The molecule has 0 bridgehead atoms. The number of benzene rings is 2. The number of anilines is 2. The fourth-order valence-corrected chi connectivity index (χ4v) is 2.45. The van der Waals surface area contributed by atoms with Crippen molar-refractivity contribution in [3.05, 3.63) is 77.4 Å². The van der Waals surface area contributed by atoms with Crippen LogP contribution in [0.2, 0.25) is 5.02 Å². The number of nitrogens with zero attached hydrogens (tertiary/aromatic N) is 2. The maximum Gasteiger partial charge on any atom is 0.417 e. The minimum Gasteiger partial charge on any atom is -0.438 e. The Labute approximate surface area is 163 Å². The lowest BCUT2D eigenvalue weighted by Crippen LogP contribution is -2.27. The molecule has 0 saturated heterocycles. The molecule has 0 fully saturated rings. The molecule has 0 radical (unpaired) electrons. The molecule has 9 heteroatoms. The lowest BCUT2D eigenvalue weighted by Gasteiger charge is -2.20. The smallest absolute Gasteiger partial charge is 0.417 e. The van der Waals surface area contributed by atoms with Gasteiger partial charge in [0.1, 0.15) is 10.8 Å². The molecule has 3 rings (SSSR count). The first-order valence-electron chi connectivity index (χ1n) is 7.94. The Morgan fingerprint density at radius 3 is 2.32 bits per heavy atom. The monoisotopic (exact) mass is 407 g/mol. The van der Waals surface area contributed by atoms with Gasteiger partial charge in [0.05, 0.1) is 16.9 Å². The number of halogens is 4. The zero-order chi connectivity index (χ0) is 20.1. The van der Waals surface area contributed by atoms with Crippen LogP contribution in [0.1, 0.15) is 5.56 Å². The van der Waals surface area contributed by atoms with Gasteiger partial charge in [-0.25, -0.2) is 9.99 Å². The number of hydrazine groups is 1. The molecule has 0 atom stereocenters. The van der Waals surface area contributed by atoms with Crippen molar-refractivity contribution < 1.29 is 22.7 Å². The van der Waals surface area contributed by atoms with Crippen LogP contribution in [0.5, 0.6) is 11.6 Å².